The fourth-order valence-corrected chi connectivity index (χ4v) is 2.68. The molecular formula is C18H19BrN2O2. The normalized spacial score (nSPS) is 10.6. The lowest BCUT2D eigenvalue weighted by atomic mass is 10.1. The Morgan fingerprint density at radius 1 is 1.13 bits per heavy atom. The van der Waals surface area contributed by atoms with Gasteiger partial charge in [0, 0.05) is 22.3 Å². The molecule has 0 unspecified atom stereocenters. The van der Waals surface area contributed by atoms with Gasteiger partial charge in [-0.2, -0.15) is 0 Å². The highest BCUT2D eigenvalue weighted by Gasteiger charge is 2.08. The molecule has 0 spiro atoms. The van der Waals surface area contributed by atoms with Crippen LogP contribution in [0.1, 0.15) is 22.8 Å². The summed E-state index contributed by atoms with van der Waals surface area (Å²) in [6, 6.07) is 14.9. The fraction of sp³-hybridized carbons (Fsp3) is 0.222. The molecule has 0 fully saturated rings. The highest BCUT2D eigenvalue weighted by atomic mass is 79.9. The van der Waals surface area contributed by atoms with Crippen LogP contribution in [0.3, 0.4) is 0 Å². The Morgan fingerprint density at radius 3 is 2.43 bits per heavy atom. The third kappa shape index (κ3) is 5.62. The van der Waals surface area contributed by atoms with Gasteiger partial charge in [-0.1, -0.05) is 28.1 Å². The van der Waals surface area contributed by atoms with Crippen LogP contribution in [0.2, 0.25) is 0 Å². The van der Waals surface area contributed by atoms with E-state index in [2.05, 4.69) is 21.2 Å². The minimum Gasteiger partial charge on any atom is -0.325 e. The van der Waals surface area contributed by atoms with Crippen LogP contribution in [0.5, 0.6) is 0 Å². The van der Waals surface area contributed by atoms with Crippen LogP contribution in [-0.4, -0.2) is 30.2 Å². The molecule has 120 valence electrons. The van der Waals surface area contributed by atoms with Gasteiger partial charge in [0.1, 0.15) is 0 Å². The maximum Gasteiger partial charge on any atom is 0.238 e. The molecule has 0 radical (unpaired) electrons. The first-order chi connectivity index (χ1) is 10.9. The van der Waals surface area contributed by atoms with Crippen LogP contribution in [-0.2, 0) is 11.3 Å². The Bertz CT molecular complexity index is 698. The third-order valence-corrected chi connectivity index (χ3v) is 3.82. The molecule has 4 nitrogen and oxygen atoms in total. The number of benzene rings is 2. The topological polar surface area (TPSA) is 49.4 Å². The van der Waals surface area contributed by atoms with E-state index in [0.29, 0.717) is 24.3 Å². The number of likely N-dealkylation sites (N-methyl/N-ethyl adjacent to an activating group) is 1. The summed E-state index contributed by atoms with van der Waals surface area (Å²) in [5.41, 5.74) is 2.46. The lowest BCUT2D eigenvalue weighted by molar-refractivity contribution is -0.117. The number of ketones is 1. The van der Waals surface area contributed by atoms with Crippen LogP contribution in [0.4, 0.5) is 5.69 Å². The maximum absolute atomic E-state index is 12.1. The molecule has 5 heteroatoms. The largest absolute Gasteiger partial charge is 0.325 e. The van der Waals surface area contributed by atoms with Crippen molar-refractivity contribution in [2.24, 2.45) is 0 Å². The molecule has 1 N–H and O–H groups in total. The van der Waals surface area contributed by atoms with Gasteiger partial charge >= 0.3 is 0 Å². The Hall–Kier alpha value is -1.98. The van der Waals surface area contributed by atoms with Crippen molar-refractivity contribution in [3.8, 4) is 0 Å². The average molecular weight is 375 g/mol. The van der Waals surface area contributed by atoms with E-state index >= 15 is 0 Å². The second-order valence-electron chi connectivity index (χ2n) is 5.48. The Morgan fingerprint density at radius 2 is 1.83 bits per heavy atom. The van der Waals surface area contributed by atoms with Crippen LogP contribution < -0.4 is 5.32 Å². The van der Waals surface area contributed by atoms with Crippen molar-refractivity contribution in [3.63, 3.8) is 0 Å². The van der Waals surface area contributed by atoms with E-state index in [1.165, 1.54) is 6.92 Å². The van der Waals surface area contributed by atoms with Crippen LogP contribution >= 0.6 is 15.9 Å². The van der Waals surface area contributed by atoms with Crippen LogP contribution in [0.15, 0.2) is 53.0 Å². The van der Waals surface area contributed by atoms with E-state index in [4.69, 9.17) is 0 Å². The molecule has 23 heavy (non-hydrogen) atoms. The summed E-state index contributed by atoms with van der Waals surface area (Å²) in [5, 5.41) is 2.83. The smallest absolute Gasteiger partial charge is 0.238 e. The van der Waals surface area contributed by atoms with Crippen LogP contribution in [0, 0.1) is 0 Å². The first-order valence-corrected chi connectivity index (χ1v) is 8.07. The molecule has 0 aliphatic rings. The average Bonchev–Trinajstić information content (AvgIpc) is 2.47. The van der Waals surface area contributed by atoms with E-state index in [1.54, 1.807) is 24.3 Å². The number of carbonyl (C=O) groups excluding carboxylic acids is 2. The van der Waals surface area contributed by atoms with E-state index in [0.717, 1.165) is 10.0 Å². The number of anilines is 1. The number of hydrogen-bond acceptors (Lipinski definition) is 3. The zero-order valence-electron chi connectivity index (χ0n) is 13.2. The van der Waals surface area contributed by atoms with Gasteiger partial charge in [0.2, 0.25) is 5.91 Å². The van der Waals surface area contributed by atoms with Gasteiger partial charge in [-0.25, -0.2) is 0 Å². The lowest BCUT2D eigenvalue weighted by Crippen LogP contribution is -2.29. The van der Waals surface area contributed by atoms with Crippen molar-refractivity contribution in [2.45, 2.75) is 13.5 Å². The fourth-order valence-electron chi connectivity index (χ4n) is 2.24. The molecular weight excluding hydrogens is 356 g/mol. The highest BCUT2D eigenvalue weighted by Crippen LogP contribution is 2.13. The van der Waals surface area contributed by atoms with Crippen molar-refractivity contribution >= 4 is 33.3 Å². The first-order valence-electron chi connectivity index (χ1n) is 7.28. The Labute approximate surface area is 144 Å². The van der Waals surface area contributed by atoms with E-state index in [-0.39, 0.29) is 11.7 Å². The van der Waals surface area contributed by atoms with Crippen LogP contribution in [0.25, 0.3) is 0 Å². The number of hydrogen-bond donors (Lipinski definition) is 1. The number of Topliss-reactive ketones (excluding diaryl/α,β-unsaturated/α-hetero) is 1. The summed E-state index contributed by atoms with van der Waals surface area (Å²) in [6.45, 7) is 2.50. The lowest BCUT2D eigenvalue weighted by Gasteiger charge is -2.16. The zero-order valence-corrected chi connectivity index (χ0v) is 14.8. The predicted molar refractivity (Wildman–Crippen MR) is 95.6 cm³/mol. The molecule has 2 aromatic rings. The number of amides is 1. The standard InChI is InChI=1S/C18H19BrN2O2/c1-13(22)15-6-8-17(9-7-15)20-18(23)12-21(2)11-14-4-3-5-16(19)10-14/h3-10H,11-12H2,1-2H3,(H,20,23). The van der Waals surface area contributed by atoms with E-state index in [1.807, 2.05) is 36.2 Å². The van der Waals surface area contributed by atoms with Gasteiger partial charge in [-0.3, -0.25) is 14.5 Å². The molecule has 0 heterocycles. The van der Waals surface area contributed by atoms with Gasteiger partial charge in [0.05, 0.1) is 6.54 Å². The van der Waals surface area contributed by atoms with E-state index in [9.17, 15) is 9.59 Å². The molecule has 2 aromatic carbocycles. The summed E-state index contributed by atoms with van der Waals surface area (Å²) >= 11 is 3.44. The zero-order chi connectivity index (χ0) is 16.8. The summed E-state index contributed by atoms with van der Waals surface area (Å²) in [5.74, 6) is -0.0743. The summed E-state index contributed by atoms with van der Waals surface area (Å²) in [4.78, 5) is 25.2. The first kappa shape index (κ1) is 17.4. The monoisotopic (exact) mass is 374 g/mol. The van der Waals surface area contributed by atoms with Gasteiger partial charge in [0.25, 0.3) is 0 Å². The number of carbonyl (C=O) groups is 2. The molecule has 0 aliphatic heterocycles. The second kappa shape index (κ2) is 8.04. The van der Waals surface area contributed by atoms with Crippen molar-refractivity contribution in [1.29, 1.82) is 0 Å². The van der Waals surface area contributed by atoms with Gasteiger partial charge in [0.15, 0.2) is 5.78 Å². The molecule has 0 aromatic heterocycles. The number of halogens is 1. The Kier molecular flexibility index (Phi) is 6.07. The number of nitrogens with one attached hydrogen (secondary N) is 1. The van der Waals surface area contributed by atoms with Crippen molar-refractivity contribution in [2.75, 3.05) is 18.9 Å². The molecule has 1 amide bonds. The molecule has 0 saturated heterocycles. The molecule has 2 rings (SSSR count). The quantitative estimate of drug-likeness (QED) is 0.783. The number of nitrogens with zero attached hydrogens (tertiary/aromatic N) is 1. The second-order valence-corrected chi connectivity index (χ2v) is 6.40. The van der Waals surface area contributed by atoms with Gasteiger partial charge in [-0.15, -0.1) is 0 Å². The van der Waals surface area contributed by atoms with Crippen molar-refractivity contribution < 1.29 is 9.59 Å². The molecule has 0 aliphatic carbocycles. The minimum absolute atomic E-state index is 0.0108. The highest BCUT2D eigenvalue weighted by molar-refractivity contribution is 9.10. The molecule has 0 atom stereocenters. The Balaban J connectivity index is 1.87. The van der Waals surface area contributed by atoms with Gasteiger partial charge < -0.3 is 5.32 Å². The SMILES string of the molecule is CC(=O)c1ccc(NC(=O)CN(C)Cc2cccc(Br)c2)cc1. The van der Waals surface area contributed by atoms with Crippen molar-refractivity contribution in [3.05, 3.63) is 64.1 Å². The van der Waals surface area contributed by atoms with Gasteiger partial charge in [-0.05, 0) is 55.9 Å². The molecule has 0 bridgehead atoms. The summed E-state index contributed by atoms with van der Waals surface area (Å²) < 4.78 is 1.03. The van der Waals surface area contributed by atoms with Crippen molar-refractivity contribution in [1.82, 2.24) is 4.90 Å². The summed E-state index contributed by atoms with van der Waals surface area (Å²) in [7, 11) is 1.90. The third-order valence-electron chi connectivity index (χ3n) is 3.33. The molecule has 0 saturated carbocycles. The number of rotatable bonds is 6. The van der Waals surface area contributed by atoms with E-state index < -0.39 is 0 Å². The predicted octanol–water partition coefficient (Wildman–Crippen LogP) is 3.72. The minimum atomic E-state index is -0.0851. The maximum atomic E-state index is 12.1. The summed E-state index contributed by atoms with van der Waals surface area (Å²) in [6.07, 6.45) is 0.